The van der Waals surface area contributed by atoms with Gasteiger partial charge in [0.15, 0.2) is 6.61 Å². The molecule has 1 aromatic carbocycles. The summed E-state index contributed by atoms with van der Waals surface area (Å²) >= 11 is 0. The van der Waals surface area contributed by atoms with Crippen molar-refractivity contribution in [1.82, 2.24) is 10.2 Å². The van der Waals surface area contributed by atoms with E-state index in [9.17, 15) is 0 Å². The smallest absolute Gasteiger partial charge is 0.312 e. The first-order chi connectivity index (χ1) is 7.78. The van der Waals surface area contributed by atoms with Crippen molar-refractivity contribution in [1.29, 1.82) is 0 Å². The maximum absolute atomic E-state index is 5.40. The lowest BCUT2D eigenvalue weighted by Crippen LogP contribution is -1.95. The van der Waals surface area contributed by atoms with Crippen LogP contribution in [-0.2, 0) is 6.61 Å². The van der Waals surface area contributed by atoms with Crippen LogP contribution in [0.4, 0.5) is 6.01 Å². The summed E-state index contributed by atoms with van der Waals surface area (Å²) in [7, 11) is 1.61. The van der Waals surface area contributed by atoms with E-state index >= 15 is 0 Å². The summed E-state index contributed by atoms with van der Waals surface area (Å²) in [6, 6.07) is 7.22. The molecule has 0 amide bonds. The lowest BCUT2D eigenvalue weighted by atomic mass is 10.3. The lowest BCUT2D eigenvalue weighted by molar-refractivity contribution is 0.264. The number of methoxy groups -OCH3 is 1. The van der Waals surface area contributed by atoms with Gasteiger partial charge < -0.3 is 19.6 Å². The Hall–Kier alpha value is -2.24. The molecule has 2 N–H and O–H groups in total. The zero-order valence-electron chi connectivity index (χ0n) is 8.71. The Labute approximate surface area is 92.0 Å². The molecule has 1 heterocycles. The topological polar surface area (TPSA) is 83.4 Å². The van der Waals surface area contributed by atoms with E-state index in [2.05, 4.69) is 10.2 Å². The van der Waals surface area contributed by atoms with Crippen LogP contribution in [0.1, 0.15) is 5.89 Å². The molecule has 0 aliphatic rings. The Balaban J connectivity index is 1.94. The third-order valence-electron chi connectivity index (χ3n) is 1.90. The summed E-state index contributed by atoms with van der Waals surface area (Å²) in [5, 5.41) is 7.19. The van der Waals surface area contributed by atoms with Crippen LogP contribution in [0.2, 0.25) is 0 Å². The fourth-order valence-corrected chi connectivity index (χ4v) is 1.14. The first kappa shape index (κ1) is 10.3. The van der Waals surface area contributed by atoms with E-state index in [0.717, 1.165) is 5.75 Å². The summed E-state index contributed by atoms with van der Waals surface area (Å²) in [6.07, 6.45) is 0. The summed E-state index contributed by atoms with van der Waals surface area (Å²) in [5.41, 5.74) is 5.27. The number of aromatic nitrogens is 2. The van der Waals surface area contributed by atoms with Crippen LogP contribution in [0.3, 0.4) is 0 Å². The van der Waals surface area contributed by atoms with Crippen molar-refractivity contribution in [3.05, 3.63) is 30.2 Å². The Bertz CT molecular complexity index is 453. The molecule has 0 saturated carbocycles. The number of rotatable bonds is 4. The van der Waals surface area contributed by atoms with Crippen LogP contribution in [0.15, 0.2) is 28.7 Å². The molecule has 0 fully saturated rings. The highest BCUT2D eigenvalue weighted by Gasteiger charge is 2.03. The first-order valence-electron chi connectivity index (χ1n) is 4.62. The minimum Gasteiger partial charge on any atom is -0.497 e. The van der Waals surface area contributed by atoms with Gasteiger partial charge in [-0.3, -0.25) is 0 Å². The minimum absolute atomic E-state index is 0.0355. The molecule has 0 saturated heterocycles. The molecule has 0 radical (unpaired) electrons. The average molecular weight is 221 g/mol. The molecule has 16 heavy (non-hydrogen) atoms. The molecular formula is C10H11N3O3. The Kier molecular flexibility index (Phi) is 2.90. The van der Waals surface area contributed by atoms with Crippen molar-refractivity contribution in [3.8, 4) is 11.5 Å². The quantitative estimate of drug-likeness (QED) is 0.836. The molecule has 6 heteroatoms. The van der Waals surface area contributed by atoms with Crippen molar-refractivity contribution in [2.75, 3.05) is 12.8 Å². The van der Waals surface area contributed by atoms with Crippen LogP contribution in [-0.4, -0.2) is 17.3 Å². The zero-order chi connectivity index (χ0) is 11.4. The number of hydrogen-bond donors (Lipinski definition) is 1. The van der Waals surface area contributed by atoms with E-state index in [1.54, 1.807) is 31.4 Å². The number of nitrogens with zero attached hydrogens (tertiary/aromatic N) is 2. The standard InChI is InChI=1S/C10H11N3O3/c1-14-7-2-4-8(5-3-7)15-6-9-12-13-10(11)16-9/h2-5H,6H2,1H3,(H2,11,13). The summed E-state index contributed by atoms with van der Waals surface area (Å²) < 4.78 is 15.4. The van der Waals surface area contributed by atoms with Crippen molar-refractivity contribution < 1.29 is 13.9 Å². The van der Waals surface area contributed by atoms with Crippen molar-refractivity contribution in [3.63, 3.8) is 0 Å². The van der Waals surface area contributed by atoms with E-state index in [4.69, 9.17) is 19.6 Å². The number of anilines is 1. The zero-order valence-corrected chi connectivity index (χ0v) is 8.71. The molecule has 0 bridgehead atoms. The van der Waals surface area contributed by atoms with Gasteiger partial charge >= 0.3 is 6.01 Å². The highest BCUT2D eigenvalue weighted by atomic mass is 16.5. The van der Waals surface area contributed by atoms with Gasteiger partial charge in [0.05, 0.1) is 7.11 Å². The normalized spacial score (nSPS) is 10.1. The predicted octanol–water partition coefficient (Wildman–Crippen LogP) is 1.24. The predicted molar refractivity (Wildman–Crippen MR) is 56.0 cm³/mol. The van der Waals surface area contributed by atoms with E-state index < -0.39 is 0 Å². The van der Waals surface area contributed by atoms with E-state index in [1.165, 1.54) is 0 Å². The van der Waals surface area contributed by atoms with E-state index in [0.29, 0.717) is 11.6 Å². The Morgan fingerprint density at radius 1 is 1.19 bits per heavy atom. The molecule has 6 nitrogen and oxygen atoms in total. The maximum Gasteiger partial charge on any atom is 0.312 e. The van der Waals surface area contributed by atoms with E-state index in [1.807, 2.05) is 0 Å². The molecular weight excluding hydrogens is 210 g/mol. The second kappa shape index (κ2) is 4.52. The monoisotopic (exact) mass is 221 g/mol. The molecule has 2 rings (SSSR count). The Morgan fingerprint density at radius 2 is 1.88 bits per heavy atom. The fourth-order valence-electron chi connectivity index (χ4n) is 1.14. The summed E-state index contributed by atoms with van der Waals surface area (Å²) in [6.45, 7) is 0.191. The molecule has 84 valence electrons. The van der Waals surface area contributed by atoms with Gasteiger partial charge in [0.1, 0.15) is 11.5 Å². The number of benzene rings is 1. The number of ether oxygens (including phenoxy) is 2. The lowest BCUT2D eigenvalue weighted by Gasteiger charge is -2.04. The molecule has 0 spiro atoms. The highest BCUT2D eigenvalue weighted by molar-refractivity contribution is 5.31. The van der Waals surface area contributed by atoms with Crippen LogP contribution in [0.25, 0.3) is 0 Å². The van der Waals surface area contributed by atoms with Crippen LogP contribution in [0.5, 0.6) is 11.5 Å². The van der Waals surface area contributed by atoms with Gasteiger partial charge in [-0.05, 0) is 24.3 Å². The van der Waals surface area contributed by atoms with Crippen LogP contribution < -0.4 is 15.2 Å². The minimum atomic E-state index is 0.0355. The molecule has 2 aromatic rings. The number of nitrogen functional groups attached to an aromatic ring is 1. The summed E-state index contributed by atoms with van der Waals surface area (Å²) in [5.74, 6) is 1.81. The van der Waals surface area contributed by atoms with Gasteiger partial charge in [0.25, 0.3) is 5.89 Å². The van der Waals surface area contributed by atoms with Crippen LogP contribution >= 0.6 is 0 Å². The highest BCUT2D eigenvalue weighted by Crippen LogP contribution is 2.17. The van der Waals surface area contributed by atoms with Gasteiger partial charge in [-0.15, -0.1) is 5.10 Å². The third kappa shape index (κ3) is 2.41. The number of nitrogens with two attached hydrogens (primary N) is 1. The van der Waals surface area contributed by atoms with Crippen molar-refractivity contribution in [2.45, 2.75) is 6.61 Å². The van der Waals surface area contributed by atoms with Gasteiger partial charge in [0, 0.05) is 0 Å². The molecule has 0 unspecified atom stereocenters. The van der Waals surface area contributed by atoms with Crippen LogP contribution in [0, 0.1) is 0 Å². The molecule has 1 aromatic heterocycles. The van der Waals surface area contributed by atoms with Crippen molar-refractivity contribution in [2.24, 2.45) is 0 Å². The average Bonchev–Trinajstić information content (AvgIpc) is 2.73. The van der Waals surface area contributed by atoms with E-state index in [-0.39, 0.29) is 12.6 Å². The third-order valence-corrected chi connectivity index (χ3v) is 1.90. The van der Waals surface area contributed by atoms with Gasteiger partial charge in [-0.2, -0.15) is 0 Å². The maximum atomic E-state index is 5.40. The molecule has 0 aliphatic heterocycles. The summed E-state index contributed by atoms with van der Waals surface area (Å²) in [4.78, 5) is 0. The SMILES string of the molecule is COc1ccc(OCc2nnc(N)o2)cc1. The first-order valence-corrected chi connectivity index (χ1v) is 4.62. The second-order valence-corrected chi connectivity index (χ2v) is 3.00. The van der Waals surface area contributed by atoms with Gasteiger partial charge in [-0.1, -0.05) is 5.10 Å². The second-order valence-electron chi connectivity index (χ2n) is 3.00. The largest absolute Gasteiger partial charge is 0.497 e. The fraction of sp³-hybridized carbons (Fsp3) is 0.200. The van der Waals surface area contributed by atoms with Gasteiger partial charge in [-0.25, -0.2) is 0 Å². The van der Waals surface area contributed by atoms with Crippen molar-refractivity contribution >= 4 is 6.01 Å². The van der Waals surface area contributed by atoms with Gasteiger partial charge in [0.2, 0.25) is 0 Å². The number of hydrogen-bond acceptors (Lipinski definition) is 6. The molecule has 0 atom stereocenters. The Morgan fingerprint density at radius 3 is 2.44 bits per heavy atom. The molecule has 0 aliphatic carbocycles.